The van der Waals surface area contributed by atoms with Crippen LogP contribution in [0.1, 0.15) is 22.5 Å². The molecule has 0 aromatic carbocycles. The van der Waals surface area contributed by atoms with Crippen molar-refractivity contribution in [1.82, 2.24) is 4.98 Å². The number of aryl methyl sites for hydroxylation is 1. The zero-order valence-electron chi connectivity index (χ0n) is 9.76. The van der Waals surface area contributed by atoms with Gasteiger partial charge in [-0.1, -0.05) is 6.92 Å². The van der Waals surface area contributed by atoms with Crippen LogP contribution in [0.2, 0.25) is 0 Å². The first kappa shape index (κ1) is 15.3. The lowest BCUT2D eigenvalue weighted by atomic mass is 10.3. The summed E-state index contributed by atoms with van der Waals surface area (Å²) in [5.41, 5.74) is 6.28. The van der Waals surface area contributed by atoms with Gasteiger partial charge in [-0.25, -0.2) is 13.8 Å². The van der Waals surface area contributed by atoms with E-state index in [-0.39, 0.29) is 6.61 Å². The SMILES string of the molecule is CCc1nc(COCC(F)(F)C(F)F)sc1CN. The molecule has 0 spiro atoms. The molecule has 18 heavy (non-hydrogen) atoms. The van der Waals surface area contributed by atoms with Crippen molar-refractivity contribution in [3.63, 3.8) is 0 Å². The van der Waals surface area contributed by atoms with E-state index in [1.165, 1.54) is 11.3 Å². The van der Waals surface area contributed by atoms with E-state index in [1.54, 1.807) is 0 Å². The van der Waals surface area contributed by atoms with Crippen LogP contribution in [0.5, 0.6) is 0 Å². The van der Waals surface area contributed by atoms with Crippen molar-refractivity contribution in [3.05, 3.63) is 15.6 Å². The summed E-state index contributed by atoms with van der Waals surface area (Å²) in [4.78, 5) is 5.00. The average molecular weight is 286 g/mol. The predicted octanol–water partition coefficient (Wildman–Crippen LogP) is 2.58. The predicted molar refractivity (Wildman–Crippen MR) is 60.0 cm³/mol. The number of nitrogens with zero attached hydrogens (tertiary/aromatic N) is 1. The van der Waals surface area contributed by atoms with E-state index in [0.29, 0.717) is 18.0 Å². The Morgan fingerprint density at radius 1 is 1.44 bits per heavy atom. The molecule has 0 saturated carbocycles. The number of ether oxygens (including phenoxy) is 1. The van der Waals surface area contributed by atoms with Gasteiger partial charge in [0.05, 0.1) is 12.3 Å². The maximum absolute atomic E-state index is 12.6. The first-order chi connectivity index (χ1) is 8.40. The number of aromatic nitrogens is 1. The third-order valence-corrected chi connectivity index (χ3v) is 3.28. The molecule has 0 radical (unpaired) electrons. The van der Waals surface area contributed by atoms with Gasteiger partial charge in [0.2, 0.25) is 0 Å². The van der Waals surface area contributed by atoms with Crippen LogP contribution < -0.4 is 5.73 Å². The fourth-order valence-electron chi connectivity index (χ4n) is 1.27. The summed E-state index contributed by atoms with van der Waals surface area (Å²) in [7, 11) is 0. The molecule has 0 atom stereocenters. The third-order valence-electron chi connectivity index (χ3n) is 2.18. The number of alkyl halides is 4. The number of nitrogens with two attached hydrogens (primary N) is 1. The molecule has 0 unspecified atom stereocenters. The van der Waals surface area contributed by atoms with E-state index in [2.05, 4.69) is 9.72 Å². The number of rotatable bonds is 7. The largest absolute Gasteiger partial charge is 0.368 e. The van der Waals surface area contributed by atoms with Gasteiger partial charge in [-0.05, 0) is 6.42 Å². The highest BCUT2D eigenvalue weighted by molar-refractivity contribution is 7.11. The molecule has 3 nitrogen and oxygen atoms in total. The van der Waals surface area contributed by atoms with E-state index in [9.17, 15) is 17.6 Å². The van der Waals surface area contributed by atoms with Crippen LogP contribution in [0.3, 0.4) is 0 Å². The Labute approximate surface area is 106 Å². The topological polar surface area (TPSA) is 48.1 Å². The minimum Gasteiger partial charge on any atom is -0.368 e. The Kier molecular flexibility index (Phi) is 5.48. The first-order valence-electron chi connectivity index (χ1n) is 5.32. The summed E-state index contributed by atoms with van der Waals surface area (Å²) in [6.07, 6.45) is -3.05. The van der Waals surface area contributed by atoms with Crippen molar-refractivity contribution in [3.8, 4) is 0 Å². The monoisotopic (exact) mass is 286 g/mol. The van der Waals surface area contributed by atoms with Crippen molar-refractivity contribution < 1.29 is 22.3 Å². The molecule has 0 amide bonds. The molecular formula is C10H14F4N2OS. The molecule has 1 heterocycles. The van der Waals surface area contributed by atoms with Crippen LogP contribution in [-0.4, -0.2) is 23.9 Å². The summed E-state index contributed by atoms with van der Waals surface area (Å²) < 4.78 is 53.4. The quantitative estimate of drug-likeness (QED) is 0.784. The van der Waals surface area contributed by atoms with Gasteiger partial charge in [-0.3, -0.25) is 0 Å². The lowest BCUT2D eigenvalue weighted by Crippen LogP contribution is -2.32. The van der Waals surface area contributed by atoms with E-state index < -0.39 is 19.0 Å². The van der Waals surface area contributed by atoms with Gasteiger partial charge in [-0.15, -0.1) is 11.3 Å². The summed E-state index contributed by atoms with van der Waals surface area (Å²) >= 11 is 1.25. The van der Waals surface area contributed by atoms with E-state index >= 15 is 0 Å². The first-order valence-corrected chi connectivity index (χ1v) is 6.13. The van der Waals surface area contributed by atoms with Gasteiger partial charge in [0.1, 0.15) is 11.6 Å². The summed E-state index contributed by atoms with van der Waals surface area (Å²) in [5.74, 6) is -4.12. The minimum atomic E-state index is -4.12. The van der Waals surface area contributed by atoms with Crippen LogP contribution in [0.15, 0.2) is 0 Å². The molecule has 0 saturated heterocycles. The third kappa shape index (κ3) is 3.89. The number of hydrogen-bond donors (Lipinski definition) is 1. The van der Waals surface area contributed by atoms with Crippen molar-refractivity contribution in [2.45, 2.75) is 38.8 Å². The fraction of sp³-hybridized carbons (Fsp3) is 0.700. The molecule has 1 rings (SSSR count). The summed E-state index contributed by atoms with van der Waals surface area (Å²) in [6.45, 7) is 0.682. The van der Waals surface area contributed by atoms with Gasteiger partial charge in [0.25, 0.3) is 0 Å². The second-order valence-electron chi connectivity index (χ2n) is 3.59. The van der Waals surface area contributed by atoms with Gasteiger partial charge in [0.15, 0.2) is 0 Å². The lowest BCUT2D eigenvalue weighted by Gasteiger charge is -2.14. The van der Waals surface area contributed by atoms with Crippen LogP contribution >= 0.6 is 11.3 Å². The lowest BCUT2D eigenvalue weighted by molar-refractivity contribution is -0.168. The van der Waals surface area contributed by atoms with Crippen LogP contribution in [0.25, 0.3) is 0 Å². The Hall–Kier alpha value is -0.730. The molecule has 0 aliphatic carbocycles. The molecule has 1 aromatic heterocycles. The molecule has 0 aliphatic rings. The average Bonchev–Trinajstić information content (AvgIpc) is 2.71. The van der Waals surface area contributed by atoms with E-state index in [1.807, 2.05) is 6.92 Å². The summed E-state index contributed by atoms with van der Waals surface area (Å²) in [6, 6.07) is 0. The molecule has 1 aromatic rings. The molecule has 0 fully saturated rings. The second kappa shape index (κ2) is 6.44. The second-order valence-corrected chi connectivity index (χ2v) is 4.76. The molecule has 0 aliphatic heterocycles. The Morgan fingerprint density at radius 3 is 2.56 bits per heavy atom. The number of thiazole rings is 1. The van der Waals surface area contributed by atoms with Crippen molar-refractivity contribution >= 4 is 11.3 Å². The molecule has 2 N–H and O–H groups in total. The highest BCUT2D eigenvalue weighted by atomic mass is 32.1. The van der Waals surface area contributed by atoms with Crippen molar-refractivity contribution in [1.29, 1.82) is 0 Å². The number of hydrogen-bond acceptors (Lipinski definition) is 4. The minimum absolute atomic E-state index is 0.208. The van der Waals surface area contributed by atoms with Crippen LogP contribution in [-0.2, 0) is 24.3 Å². The van der Waals surface area contributed by atoms with E-state index in [4.69, 9.17) is 5.73 Å². The Morgan fingerprint density at radius 2 is 2.11 bits per heavy atom. The number of halogens is 4. The zero-order valence-corrected chi connectivity index (χ0v) is 10.6. The van der Waals surface area contributed by atoms with Gasteiger partial charge in [-0.2, -0.15) is 8.78 Å². The zero-order chi connectivity index (χ0) is 13.8. The van der Waals surface area contributed by atoms with E-state index in [0.717, 1.165) is 10.6 Å². The Balaban J connectivity index is 2.51. The maximum atomic E-state index is 12.6. The molecule has 104 valence electrons. The standard InChI is InChI=1S/C10H14F4N2OS/c1-2-6-7(3-15)18-8(16-6)4-17-5-10(13,14)9(11)12/h9H,2-5,15H2,1H3. The van der Waals surface area contributed by atoms with Crippen LogP contribution in [0.4, 0.5) is 17.6 Å². The molecule has 0 bridgehead atoms. The molecular weight excluding hydrogens is 272 g/mol. The fourth-order valence-corrected chi connectivity index (χ4v) is 2.25. The highest BCUT2D eigenvalue weighted by Crippen LogP contribution is 2.24. The normalized spacial score (nSPS) is 12.4. The molecule has 8 heteroatoms. The van der Waals surface area contributed by atoms with Crippen LogP contribution in [0, 0.1) is 0 Å². The summed E-state index contributed by atoms with van der Waals surface area (Å²) in [5, 5.41) is 0.470. The van der Waals surface area contributed by atoms with Crippen molar-refractivity contribution in [2.24, 2.45) is 5.73 Å². The van der Waals surface area contributed by atoms with Gasteiger partial charge < -0.3 is 10.5 Å². The van der Waals surface area contributed by atoms with Crippen molar-refractivity contribution in [2.75, 3.05) is 6.61 Å². The van der Waals surface area contributed by atoms with Gasteiger partial charge >= 0.3 is 12.3 Å². The smallest absolute Gasteiger partial charge is 0.330 e. The van der Waals surface area contributed by atoms with Gasteiger partial charge in [0, 0.05) is 11.4 Å². The Bertz CT molecular complexity index is 362. The highest BCUT2D eigenvalue weighted by Gasteiger charge is 2.41. The maximum Gasteiger partial charge on any atom is 0.330 e.